The lowest BCUT2D eigenvalue weighted by Gasteiger charge is -2.13. The molecule has 0 atom stereocenters. The van der Waals surface area contributed by atoms with Crippen LogP contribution < -0.4 is 10.6 Å². The lowest BCUT2D eigenvalue weighted by atomic mass is 9.97. The molecule has 5 nitrogen and oxygen atoms in total. The van der Waals surface area contributed by atoms with Crippen molar-refractivity contribution < 1.29 is 14.7 Å². The van der Waals surface area contributed by atoms with E-state index >= 15 is 0 Å². The van der Waals surface area contributed by atoms with Crippen molar-refractivity contribution in [2.24, 2.45) is 0 Å². The molecule has 0 aliphatic heterocycles. The summed E-state index contributed by atoms with van der Waals surface area (Å²) in [6.07, 6.45) is 9.57. The Bertz CT molecular complexity index is 327. The molecular formula is C14H24N2O3. The highest BCUT2D eigenvalue weighted by Crippen LogP contribution is 2.19. The first kappa shape index (κ1) is 15.5. The molecule has 1 aliphatic rings. The first-order valence-corrected chi connectivity index (χ1v) is 7.10. The van der Waals surface area contributed by atoms with Crippen LogP contribution in [0.5, 0.6) is 0 Å². The molecule has 0 saturated heterocycles. The summed E-state index contributed by atoms with van der Waals surface area (Å²) in [4.78, 5) is 21.7. The van der Waals surface area contributed by atoms with Crippen LogP contribution in [0.2, 0.25) is 0 Å². The first-order chi connectivity index (χ1) is 9.18. The van der Waals surface area contributed by atoms with E-state index in [0.717, 1.165) is 6.42 Å². The van der Waals surface area contributed by atoms with E-state index in [4.69, 9.17) is 5.11 Å². The van der Waals surface area contributed by atoms with Gasteiger partial charge in [0, 0.05) is 19.5 Å². The molecule has 3 N–H and O–H groups in total. The molecule has 0 heterocycles. The van der Waals surface area contributed by atoms with Gasteiger partial charge < -0.3 is 15.7 Å². The first-order valence-electron chi connectivity index (χ1n) is 7.10. The predicted octanol–water partition coefficient (Wildman–Crippen LogP) is 2.43. The van der Waals surface area contributed by atoms with Crippen LogP contribution in [0.25, 0.3) is 0 Å². The molecule has 19 heavy (non-hydrogen) atoms. The highest BCUT2D eigenvalue weighted by Gasteiger charge is 2.04. The number of urea groups is 1. The molecule has 0 aromatic heterocycles. The number of nitrogens with one attached hydrogen (secondary N) is 2. The van der Waals surface area contributed by atoms with Crippen molar-refractivity contribution in [3.63, 3.8) is 0 Å². The quantitative estimate of drug-likeness (QED) is 0.467. The van der Waals surface area contributed by atoms with Crippen molar-refractivity contribution >= 4 is 12.0 Å². The maximum atomic E-state index is 11.4. The molecule has 0 radical (unpaired) electrons. The zero-order valence-corrected chi connectivity index (χ0v) is 11.4. The zero-order chi connectivity index (χ0) is 13.9. The summed E-state index contributed by atoms with van der Waals surface area (Å²) < 4.78 is 0. The van der Waals surface area contributed by atoms with Gasteiger partial charge in [0.2, 0.25) is 0 Å². The number of carboxylic acid groups (broad SMARTS) is 1. The monoisotopic (exact) mass is 268 g/mol. The molecule has 0 aromatic carbocycles. The fourth-order valence-electron chi connectivity index (χ4n) is 2.13. The van der Waals surface area contributed by atoms with E-state index in [2.05, 4.69) is 16.7 Å². The van der Waals surface area contributed by atoms with Crippen molar-refractivity contribution in [1.82, 2.24) is 10.6 Å². The van der Waals surface area contributed by atoms with Gasteiger partial charge in [0.1, 0.15) is 0 Å². The minimum atomic E-state index is -0.787. The lowest BCUT2D eigenvalue weighted by Crippen LogP contribution is -2.36. The number of amides is 2. The van der Waals surface area contributed by atoms with Crippen molar-refractivity contribution in [3.8, 4) is 0 Å². The van der Waals surface area contributed by atoms with Crippen LogP contribution in [-0.4, -0.2) is 30.2 Å². The van der Waals surface area contributed by atoms with Gasteiger partial charge in [-0.05, 0) is 44.9 Å². The summed E-state index contributed by atoms with van der Waals surface area (Å²) in [5.74, 6) is -0.787. The highest BCUT2D eigenvalue weighted by molar-refractivity contribution is 5.73. The average molecular weight is 268 g/mol. The maximum absolute atomic E-state index is 11.4. The molecule has 0 unspecified atom stereocenters. The van der Waals surface area contributed by atoms with Gasteiger partial charge in [0.25, 0.3) is 0 Å². The Morgan fingerprint density at radius 2 is 1.95 bits per heavy atom. The fourth-order valence-corrected chi connectivity index (χ4v) is 2.13. The summed E-state index contributed by atoms with van der Waals surface area (Å²) in [7, 11) is 0. The normalized spacial score (nSPS) is 14.6. The molecule has 0 saturated carbocycles. The van der Waals surface area contributed by atoms with Crippen LogP contribution in [0.3, 0.4) is 0 Å². The summed E-state index contributed by atoms with van der Waals surface area (Å²) >= 11 is 0. The molecule has 5 heteroatoms. The number of unbranched alkanes of at least 4 members (excludes halogenated alkanes) is 1. The molecule has 0 spiro atoms. The predicted molar refractivity (Wildman–Crippen MR) is 74.1 cm³/mol. The molecular weight excluding hydrogens is 244 g/mol. The van der Waals surface area contributed by atoms with Gasteiger partial charge >= 0.3 is 12.0 Å². The topological polar surface area (TPSA) is 78.4 Å². The van der Waals surface area contributed by atoms with Crippen molar-refractivity contribution in [2.75, 3.05) is 13.1 Å². The lowest BCUT2D eigenvalue weighted by molar-refractivity contribution is -0.137. The van der Waals surface area contributed by atoms with Gasteiger partial charge in [-0.1, -0.05) is 11.6 Å². The number of hydrogen-bond acceptors (Lipinski definition) is 2. The minimum absolute atomic E-state index is 0.160. The van der Waals surface area contributed by atoms with Crippen molar-refractivity contribution in [1.29, 1.82) is 0 Å². The second kappa shape index (κ2) is 9.42. The molecule has 1 rings (SSSR count). The van der Waals surface area contributed by atoms with Gasteiger partial charge in [0.15, 0.2) is 0 Å². The smallest absolute Gasteiger partial charge is 0.314 e. The summed E-state index contributed by atoms with van der Waals surface area (Å²) in [5.41, 5.74) is 1.45. The number of rotatable bonds is 8. The van der Waals surface area contributed by atoms with Gasteiger partial charge in [-0.25, -0.2) is 4.79 Å². The van der Waals surface area contributed by atoms with E-state index < -0.39 is 5.97 Å². The molecule has 0 aromatic rings. The summed E-state index contributed by atoms with van der Waals surface area (Å²) in [6, 6.07) is -0.160. The van der Waals surface area contributed by atoms with Gasteiger partial charge in [-0.2, -0.15) is 0 Å². The minimum Gasteiger partial charge on any atom is -0.481 e. The SMILES string of the molecule is O=C(O)CCCCNC(=O)NCCC1=CCCCC1. The third kappa shape index (κ3) is 8.24. The number of carbonyl (C=O) groups is 2. The van der Waals surface area contributed by atoms with Crippen LogP contribution in [0.4, 0.5) is 4.79 Å². The summed E-state index contributed by atoms with van der Waals surface area (Å²) in [5, 5.41) is 14.0. The second-order valence-corrected chi connectivity index (χ2v) is 4.89. The molecule has 0 fully saturated rings. The van der Waals surface area contributed by atoms with Crippen LogP contribution in [0, 0.1) is 0 Å². The Hall–Kier alpha value is -1.52. The van der Waals surface area contributed by atoms with Gasteiger partial charge in [-0.3, -0.25) is 4.79 Å². The third-order valence-electron chi connectivity index (χ3n) is 3.22. The number of hydrogen-bond donors (Lipinski definition) is 3. The van der Waals surface area contributed by atoms with E-state index in [9.17, 15) is 9.59 Å². The van der Waals surface area contributed by atoms with E-state index in [1.807, 2.05) is 0 Å². The van der Waals surface area contributed by atoms with E-state index in [-0.39, 0.29) is 12.5 Å². The number of carbonyl (C=O) groups excluding carboxylic acids is 1. The Kier molecular flexibility index (Phi) is 7.70. The van der Waals surface area contributed by atoms with E-state index in [1.165, 1.54) is 31.3 Å². The van der Waals surface area contributed by atoms with Crippen LogP contribution in [0.15, 0.2) is 11.6 Å². The zero-order valence-electron chi connectivity index (χ0n) is 11.4. The standard InChI is InChI=1S/C14H24N2O3/c17-13(18)8-4-5-10-15-14(19)16-11-9-12-6-2-1-3-7-12/h6H,1-5,7-11H2,(H,17,18)(H2,15,16,19). The van der Waals surface area contributed by atoms with E-state index in [1.54, 1.807) is 0 Å². The van der Waals surface area contributed by atoms with Crippen molar-refractivity contribution in [3.05, 3.63) is 11.6 Å². The number of aliphatic carboxylic acids is 1. The van der Waals surface area contributed by atoms with Gasteiger partial charge in [-0.15, -0.1) is 0 Å². The fraction of sp³-hybridized carbons (Fsp3) is 0.714. The van der Waals surface area contributed by atoms with Crippen LogP contribution >= 0.6 is 0 Å². The Morgan fingerprint density at radius 1 is 1.16 bits per heavy atom. The largest absolute Gasteiger partial charge is 0.481 e. The third-order valence-corrected chi connectivity index (χ3v) is 3.22. The average Bonchev–Trinajstić information content (AvgIpc) is 2.39. The molecule has 1 aliphatic carbocycles. The second-order valence-electron chi connectivity index (χ2n) is 4.89. The van der Waals surface area contributed by atoms with Crippen LogP contribution in [0.1, 0.15) is 51.4 Å². The van der Waals surface area contributed by atoms with E-state index in [0.29, 0.717) is 25.9 Å². The highest BCUT2D eigenvalue weighted by atomic mass is 16.4. The number of allylic oxidation sites excluding steroid dienone is 1. The van der Waals surface area contributed by atoms with Crippen LogP contribution in [-0.2, 0) is 4.79 Å². The summed E-state index contributed by atoms with van der Waals surface area (Å²) in [6.45, 7) is 1.20. The Morgan fingerprint density at radius 3 is 2.63 bits per heavy atom. The maximum Gasteiger partial charge on any atom is 0.314 e. The van der Waals surface area contributed by atoms with Crippen molar-refractivity contribution in [2.45, 2.75) is 51.4 Å². The Balaban J connectivity index is 1.95. The number of carboxylic acids is 1. The molecule has 0 bridgehead atoms. The molecule has 108 valence electrons. The Labute approximate surface area is 114 Å². The van der Waals surface area contributed by atoms with Gasteiger partial charge in [0.05, 0.1) is 0 Å². The molecule has 2 amide bonds.